The van der Waals surface area contributed by atoms with E-state index in [4.69, 9.17) is 9.84 Å². The van der Waals surface area contributed by atoms with E-state index < -0.39 is 11.0 Å². The zero-order chi connectivity index (χ0) is 15.8. The van der Waals surface area contributed by atoms with Crippen molar-refractivity contribution in [1.29, 1.82) is 0 Å². The van der Waals surface area contributed by atoms with Gasteiger partial charge < -0.3 is 15.2 Å². The van der Waals surface area contributed by atoms with E-state index in [2.05, 4.69) is 5.32 Å². The summed E-state index contributed by atoms with van der Waals surface area (Å²) in [6.07, 6.45) is 0.994. The van der Waals surface area contributed by atoms with E-state index >= 15 is 0 Å². The number of nitro groups is 1. The van der Waals surface area contributed by atoms with Gasteiger partial charge in [-0.05, 0) is 25.0 Å². The van der Waals surface area contributed by atoms with Crippen molar-refractivity contribution in [2.45, 2.75) is 39.4 Å². The predicted octanol–water partition coefficient (Wildman–Crippen LogP) is 1.77. The van der Waals surface area contributed by atoms with Crippen LogP contribution in [0.15, 0.2) is 18.2 Å². The van der Waals surface area contributed by atoms with Gasteiger partial charge in [0.25, 0.3) is 5.91 Å². The zero-order valence-electron chi connectivity index (χ0n) is 12.2. The molecule has 0 saturated carbocycles. The topological polar surface area (TPSA) is 102 Å². The Hall–Kier alpha value is -2.15. The van der Waals surface area contributed by atoms with Crippen LogP contribution in [0.3, 0.4) is 0 Å². The van der Waals surface area contributed by atoms with Crippen LogP contribution < -0.4 is 10.1 Å². The van der Waals surface area contributed by atoms with Gasteiger partial charge >= 0.3 is 5.69 Å². The lowest BCUT2D eigenvalue weighted by atomic mass is 10.2. The number of nitrogens with one attached hydrogen (secondary N) is 1. The Balaban J connectivity index is 2.77. The number of rotatable bonds is 8. The minimum atomic E-state index is -0.833. The number of aliphatic hydroxyl groups excluding tert-OH is 1. The molecule has 0 aliphatic rings. The van der Waals surface area contributed by atoms with E-state index in [0.29, 0.717) is 12.1 Å². The Morgan fingerprint density at radius 1 is 1.52 bits per heavy atom. The maximum absolute atomic E-state index is 11.8. The second-order valence-electron chi connectivity index (χ2n) is 4.62. The SMILES string of the molecule is CCCCNC(=O)C(C)Oc1ccc(CO)cc1[N+](=O)[O-]. The highest BCUT2D eigenvalue weighted by Crippen LogP contribution is 2.28. The average Bonchev–Trinajstić information content (AvgIpc) is 2.47. The Labute approximate surface area is 123 Å². The van der Waals surface area contributed by atoms with Gasteiger partial charge in [0.2, 0.25) is 0 Å². The minimum Gasteiger partial charge on any atom is -0.474 e. The summed E-state index contributed by atoms with van der Waals surface area (Å²) in [7, 11) is 0. The first-order valence-electron chi connectivity index (χ1n) is 6.82. The van der Waals surface area contributed by atoms with Gasteiger partial charge in [-0.15, -0.1) is 0 Å². The molecule has 1 unspecified atom stereocenters. The molecule has 1 rings (SSSR count). The summed E-state index contributed by atoms with van der Waals surface area (Å²) in [5.41, 5.74) is 0.142. The van der Waals surface area contributed by atoms with E-state index in [1.54, 1.807) is 0 Å². The number of carbonyl (C=O) groups excluding carboxylic acids is 1. The summed E-state index contributed by atoms with van der Waals surface area (Å²) in [5, 5.41) is 22.7. The fourth-order valence-electron chi connectivity index (χ4n) is 1.68. The molecule has 0 spiro atoms. The summed E-state index contributed by atoms with van der Waals surface area (Å²) < 4.78 is 5.36. The van der Waals surface area contributed by atoms with Gasteiger partial charge in [0.15, 0.2) is 11.9 Å². The van der Waals surface area contributed by atoms with Crippen molar-refractivity contribution in [2.75, 3.05) is 6.54 Å². The lowest BCUT2D eigenvalue weighted by Gasteiger charge is -2.15. The van der Waals surface area contributed by atoms with Crippen molar-refractivity contribution < 1.29 is 19.6 Å². The number of aliphatic hydroxyl groups is 1. The fourth-order valence-corrected chi connectivity index (χ4v) is 1.68. The van der Waals surface area contributed by atoms with Gasteiger partial charge in [0.05, 0.1) is 11.5 Å². The number of nitrogens with zero attached hydrogens (tertiary/aromatic N) is 1. The Kier molecular flexibility index (Phi) is 6.61. The van der Waals surface area contributed by atoms with Crippen molar-refractivity contribution in [3.63, 3.8) is 0 Å². The molecule has 0 radical (unpaired) electrons. The van der Waals surface area contributed by atoms with Crippen molar-refractivity contribution >= 4 is 11.6 Å². The summed E-state index contributed by atoms with van der Waals surface area (Å²) in [6, 6.07) is 4.14. The third-order valence-corrected chi connectivity index (χ3v) is 2.91. The van der Waals surface area contributed by atoms with Gasteiger partial charge in [0.1, 0.15) is 0 Å². The highest BCUT2D eigenvalue weighted by atomic mass is 16.6. The van der Waals surface area contributed by atoms with Crippen molar-refractivity contribution in [3.05, 3.63) is 33.9 Å². The molecule has 0 aliphatic carbocycles. The third-order valence-electron chi connectivity index (χ3n) is 2.91. The first-order valence-corrected chi connectivity index (χ1v) is 6.82. The number of benzene rings is 1. The second kappa shape index (κ2) is 8.21. The first kappa shape index (κ1) is 16.9. The molecule has 0 aromatic heterocycles. The summed E-state index contributed by atoms with van der Waals surface area (Å²) in [6.45, 7) is 3.80. The zero-order valence-corrected chi connectivity index (χ0v) is 12.2. The number of unbranched alkanes of at least 4 members (excludes halogenated alkanes) is 1. The van der Waals surface area contributed by atoms with Gasteiger partial charge in [-0.2, -0.15) is 0 Å². The maximum atomic E-state index is 11.8. The Morgan fingerprint density at radius 3 is 2.81 bits per heavy atom. The van der Waals surface area contributed by atoms with Gasteiger partial charge in [-0.3, -0.25) is 14.9 Å². The van der Waals surface area contributed by atoms with Crippen molar-refractivity contribution in [2.24, 2.45) is 0 Å². The molecule has 0 bridgehead atoms. The minimum absolute atomic E-state index is 0.00958. The summed E-state index contributed by atoms with van der Waals surface area (Å²) in [5.74, 6) is -0.306. The third kappa shape index (κ3) is 5.03. The van der Waals surface area contributed by atoms with Gasteiger partial charge in [0, 0.05) is 12.6 Å². The number of hydrogen-bond donors (Lipinski definition) is 2. The second-order valence-corrected chi connectivity index (χ2v) is 4.62. The quantitative estimate of drug-likeness (QED) is 0.432. The molecule has 7 heteroatoms. The summed E-state index contributed by atoms with van der Waals surface area (Å²) >= 11 is 0. The summed E-state index contributed by atoms with van der Waals surface area (Å²) in [4.78, 5) is 22.2. The highest BCUT2D eigenvalue weighted by molar-refractivity contribution is 5.80. The molecule has 1 atom stereocenters. The monoisotopic (exact) mass is 296 g/mol. The van der Waals surface area contributed by atoms with Crippen LogP contribution >= 0.6 is 0 Å². The molecule has 1 aromatic carbocycles. The Bertz CT molecular complexity index is 504. The van der Waals surface area contributed by atoms with Gasteiger partial charge in [-0.1, -0.05) is 19.4 Å². The highest BCUT2D eigenvalue weighted by Gasteiger charge is 2.21. The number of amides is 1. The van der Waals surface area contributed by atoms with Crippen molar-refractivity contribution in [3.8, 4) is 5.75 Å². The molecule has 0 heterocycles. The molecule has 1 amide bonds. The molecular weight excluding hydrogens is 276 g/mol. The number of carbonyl (C=O) groups is 1. The molecule has 0 saturated heterocycles. The van der Waals surface area contributed by atoms with Crippen molar-refractivity contribution in [1.82, 2.24) is 5.32 Å². The van der Waals surface area contributed by atoms with Crippen LogP contribution in [0.5, 0.6) is 5.75 Å². The van der Waals surface area contributed by atoms with Crippen LogP contribution in [-0.2, 0) is 11.4 Å². The first-order chi connectivity index (χ1) is 9.99. The smallest absolute Gasteiger partial charge is 0.311 e. The van der Waals surface area contributed by atoms with E-state index in [1.165, 1.54) is 25.1 Å². The molecule has 0 aliphatic heterocycles. The molecule has 7 nitrogen and oxygen atoms in total. The molecule has 116 valence electrons. The number of hydrogen-bond acceptors (Lipinski definition) is 5. The lowest BCUT2D eigenvalue weighted by molar-refractivity contribution is -0.386. The number of ether oxygens (including phenoxy) is 1. The van der Waals surface area contributed by atoms with Gasteiger partial charge in [-0.25, -0.2) is 0 Å². The van der Waals surface area contributed by atoms with Crippen LogP contribution in [0, 0.1) is 10.1 Å². The maximum Gasteiger partial charge on any atom is 0.311 e. The molecule has 21 heavy (non-hydrogen) atoms. The van der Waals surface area contributed by atoms with E-state index in [0.717, 1.165) is 12.8 Å². The van der Waals surface area contributed by atoms with Crippen LogP contribution in [0.25, 0.3) is 0 Å². The van der Waals surface area contributed by atoms with Crippen LogP contribution in [0.2, 0.25) is 0 Å². The van der Waals surface area contributed by atoms with E-state index in [1.807, 2.05) is 6.92 Å². The average molecular weight is 296 g/mol. The molecule has 0 fully saturated rings. The predicted molar refractivity (Wildman–Crippen MR) is 77.0 cm³/mol. The molecule has 1 aromatic rings. The van der Waals surface area contributed by atoms with E-state index in [-0.39, 0.29) is 24.0 Å². The standard InChI is InChI=1S/C14H20N2O5/c1-3-4-7-15-14(18)10(2)21-13-6-5-11(9-17)8-12(13)16(19)20/h5-6,8,10,17H,3-4,7,9H2,1-2H3,(H,15,18). The Morgan fingerprint density at radius 2 is 2.24 bits per heavy atom. The molecule has 2 N–H and O–H groups in total. The lowest BCUT2D eigenvalue weighted by Crippen LogP contribution is -2.36. The van der Waals surface area contributed by atoms with Crippen LogP contribution in [0.1, 0.15) is 32.3 Å². The molecular formula is C14H20N2O5. The van der Waals surface area contributed by atoms with E-state index in [9.17, 15) is 14.9 Å². The fraction of sp³-hybridized carbons (Fsp3) is 0.500. The largest absolute Gasteiger partial charge is 0.474 e. The normalized spacial score (nSPS) is 11.8. The van der Waals surface area contributed by atoms with Crippen LogP contribution in [-0.4, -0.2) is 28.6 Å². The van der Waals surface area contributed by atoms with Crippen LogP contribution in [0.4, 0.5) is 5.69 Å². The number of nitro benzene ring substituents is 1.